The molecule has 1 aromatic heterocycles. The van der Waals surface area contributed by atoms with Crippen LogP contribution in [0.1, 0.15) is 64.7 Å². The Morgan fingerprint density at radius 1 is 0.750 bits per heavy atom. The number of hydrogen-bond acceptors (Lipinski definition) is 3. The molecule has 2 atom stereocenters. The summed E-state index contributed by atoms with van der Waals surface area (Å²) in [6.07, 6.45) is 11.8. The van der Waals surface area contributed by atoms with Crippen LogP contribution in [0.5, 0.6) is 0 Å². The molecule has 6 heteroatoms. The van der Waals surface area contributed by atoms with Gasteiger partial charge < -0.3 is 15.6 Å². The van der Waals surface area contributed by atoms with E-state index in [1.165, 1.54) is 12.8 Å². The first-order valence-electron chi connectivity index (χ1n) is 13.4. The molecule has 0 saturated heterocycles. The number of benzene rings is 2. The zero-order valence-corrected chi connectivity index (χ0v) is 21.1. The van der Waals surface area contributed by atoms with Crippen molar-refractivity contribution in [2.24, 2.45) is 17.8 Å². The quantitative estimate of drug-likeness (QED) is 0.351. The highest BCUT2D eigenvalue weighted by Gasteiger charge is 2.27. The van der Waals surface area contributed by atoms with Gasteiger partial charge in [0, 0.05) is 28.8 Å². The average molecular weight is 485 g/mol. The van der Waals surface area contributed by atoms with Gasteiger partial charge in [0.15, 0.2) is 0 Å². The van der Waals surface area contributed by atoms with Crippen LogP contribution in [0.2, 0.25) is 0 Å². The highest BCUT2D eigenvalue weighted by molar-refractivity contribution is 5.93. The minimum Gasteiger partial charge on any atom is -0.338 e. The number of H-pyrrole nitrogens is 1. The Hall–Kier alpha value is -3.41. The van der Waals surface area contributed by atoms with E-state index in [0.717, 1.165) is 79.0 Å². The topological polar surface area (TPSA) is 86.9 Å². The molecule has 3 aromatic rings. The number of amides is 2. The van der Waals surface area contributed by atoms with Crippen molar-refractivity contribution in [3.63, 3.8) is 0 Å². The zero-order chi connectivity index (χ0) is 24.9. The first-order valence-corrected chi connectivity index (χ1v) is 13.4. The van der Waals surface area contributed by atoms with Crippen LogP contribution in [0, 0.1) is 17.8 Å². The number of nitrogens with one attached hydrogen (secondary N) is 3. The van der Waals surface area contributed by atoms with Gasteiger partial charge in [-0.15, -0.1) is 0 Å². The molecule has 2 unspecified atom stereocenters. The van der Waals surface area contributed by atoms with Crippen LogP contribution in [-0.4, -0.2) is 21.8 Å². The zero-order valence-electron chi connectivity index (χ0n) is 21.1. The molecule has 2 fully saturated rings. The highest BCUT2D eigenvalue weighted by Crippen LogP contribution is 2.31. The molecule has 2 amide bonds. The molecule has 5 rings (SSSR count). The minimum absolute atomic E-state index is 0.109. The minimum atomic E-state index is 0.109. The van der Waals surface area contributed by atoms with E-state index in [1.807, 2.05) is 54.7 Å². The van der Waals surface area contributed by atoms with Crippen LogP contribution in [0.25, 0.3) is 22.6 Å². The molecule has 2 aromatic carbocycles. The summed E-state index contributed by atoms with van der Waals surface area (Å²) in [5.74, 6) is 1.75. The Bertz CT molecular complexity index is 1180. The average Bonchev–Trinajstić information content (AvgIpc) is 3.41. The molecule has 2 saturated carbocycles. The normalized spacial score (nSPS) is 20.6. The van der Waals surface area contributed by atoms with Gasteiger partial charge in [-0.05, 0) is 73.6 Å². The van der Waals surface area contributed by atoms with Crippen molar-refractivity contribution < 1.29 is 9.59 Å². The van der Waals surface area contributed by atoms with Crippen LogP contribution in [0.3, 0.4) is 0 Å². The van der Waals surface area contributed by atoms with Crippen molar-refractivity contribution >= 4 is 23.2 Å². The molecule has 36 heavy (non-hydrogen) atoms. The van der Waals surface area contributed by atoms with Crippen molar-refractivity contribution in [2.75, 3.05) is 10.6 Å². The van der Waals surface area contributed by atoms with Crippen LogP contribution >= 0.6 is 0 Å². The van der Waals surface area contributed by atoms with Crippen LogP contribution in [-0.2, 0) is 9.59 Å². The summed E-state index contributed by atoms with van der Waals surface area (Å²) in [7, 11) is 0. The van der Waals surface area contributed by atoms with Gasteiger partial charge in [-0.25, -0.2) is 4.98 Å². The maximum absolute atomic E-state index is 12.7. The number of anilines is 2. The molecule has 1 heterocycles. The smallest absolute Gasteiger partial charge is 0.227 e. The lowest BCUT2D eigenvalue weighted by molar-refractivity contribution is -0.122. The van der Waals surface area contributed by atoms with E-state index in [9.17, 15) is 9.59 Å². The van der Waals surface area contributed by atoms with Gasteiger partial charge in [0.25, 0.3) is 0 Å². The van der Waals surface area contributed by atoms with Gasteiger partial charge in [0.2, 0.25) is 11.8 Å². The van der Waals surface area contributed by atoms with Crippen molar-refractivity contribution in [1.29, 1.82) is 0 Å². The number of imidazole rings is 1. The third-order valence-corrected chi connectivity index (χ3v) is 7.89. The van der Waals surface area contributed by atoms with Crippen LogP contribution in [0.4, 0.5) is 11.4 Å². The molecule has 6 nitrogen and oxygen atoms in total. The number of rotatable bonds is 6. The Morgan fingerprint density at radius 2 is 1.33 bits per heavy atom. The summed E-state index contributed by atoms with van der Waals surface area (Å²) in [5, 5.41) is 6.16. The molecule has 0 spiro atoms. The summed E-state index contributed by atoms with van der Waals surface area (Å²) in [5.41, 5.74) is 4.53. The Kier molecular flexibility index (Phi) is 7.49. The lowest BCUT2D eigenvalue weighted by Gasteiger charge is -2.27. The fourth-order valence-corrected chi connectivity index (χ4v) is 5.61. The fourth-order valence-electron chi connectivity index (χ4n) is 5.61. The summed E-state index contributed by atoms with van der Waals surface area (Å²) in [4.78, 5) is 33.2. The van der Waals surface area contributed by atoms with E-state index in [-0.39, 0.29) is 23.7 Å². The number of carbonyl (C=O) groups is 2. The summed E-state index contributed by atoms with van der Waals surface area (Å²) in [6.45, 7) is 2.18. The Balaban J connectivity index is 1.19. The predicted octanol–water partition coefficient (Wildman–Crippen LogP) is 7.03. The molecule has 2 aliphatic rings. The van der Waals surface area contributed by atoms with Gasteiger partial charge in [-0.1, -0.05) is 51.2 Å². The van der Waals surface area contributed by atoms with Crippen molar-refractivity contribution in [1.82, 2.24) is 9.97 Å². The van der Waals surface area contributed by atoms with Crippen LogP contribution in [0.15, 0.2) is 54.7 Å². The maximum Gasteiger partial charge on any atom is 0.227 e. The Labute approximate surface area is 213 Å². The van der Waals surface area contributed by atoms with Crippen LogP contribution < -0.4 is 10.6 Å². The summed E-state index contributed by atoms with van der Waals surface area (Å²) < 4.78 is 0. The molecule has 188 valence electrons. The summed E-state index contributed by atoms with van der Waals surface area (Å²) >= 11 is 0. The molecular weight excluding hydrogens is 448 g/mol. The first-order chi connectivity index (χ1) is 17.6. The van der Waals surface area contributed by atoms with Crippen molar-refractivity contribution in [3.8, 4) is 22.6 Å². The van der Waals surface area contributed by atoms with E-state index < -0.39 is 0 Å². The molecule has 0 aliphatic heterocycles. The maximum atomic E-state index is 12.7. The number of carbonyl (C=O) groups excluding carboxylic acids is 2. The molecule has 2 aliphatic carbocycles. The van der Waals surface area contributed by atoms with E-state index in [0.29, 0.717) is 5.92 Å². The van der Waals surface area contributed by atoms with E-state index >= 15 is 0 Å². The second-order valence-corrected chi connectivity index (χ2v) is 10.5. The molecule has 3 N–H and O–H groups in total. The monoisotopic (exact) mass is 484 g/mol. The van der Waals surface area contributed by atoms with Gasteiger partial charge in [0.05, 0.1) is 11.9 Å². The lowest BCUT2D eigenvalue weighted by atomic mass is 9.80. The summed E-state index contributed by atoms with van der Waals surface area (Å²) in [6, 6.07) is 15.7. The predicted molar refractivity (Wildman–Crippen MR) is 144 cm³/mol. The van der Waals surface area contributed by atoms with Gasteiger partial charge in [-0.3, -0.25) is 9.59 Å². The fraction of sp³-hybridized carbons (Fsp3) is 0.433. The number of hydrogen-bond donors (Lipinski definition) is 3. The molecular formula is C30H36N4O2. The Morgan fingerprint density at radius 3 is 2.00 bits per heavy atom. The van der Waals surface area contributed by atoms with Gasteiger partial charge >= 0.3 is 0 Å². The number of aromatic amines is 1. The van der Waals surface area contributed by atoms with E-state index in [1.54, 1.807) is 0 Å². The lowest BCUT2D eigenvalue weighted by Crippen LogP contribution is -2.30. The molecule has 0 bridgehead atoms. The van der Waals surface area contributed by atoms with Crippen molar-refractivity contribution in [3.05, 3.63) is 54.7 Å². The molecule has 0 radical (unpaired) electrons. The second-order valence-electron chi connectivity index (χ2n) is 10.5. The standard InChI is InChI=1S/C30H36N4O2/c1-20-7-5-6-10-26(20)30(36)33-25-17-13-22(14-18-25)28-31-19-27(34-28)21-11-15-24(16-12-21)32-29(35)23-8-3-2-4-9-23/h11-20,23,26H,2-10H2,1H3,(H,31,34)(H,32,35)(H,33,36). The van der Waals surface area contributed by atoms with Gasteiger partial charge in [0.1, 0.15) is 5.82 Å². The van der Waals surface area contributed by atoms with Gasteiger partial charge in [-0.2, -0.15) is 0 Å². The third kappa shape index (κ3) is 5.69. The largest absolute Gasteiger partial charge is 0.338 e. The second kappa shape index (κ2) is 11.1. The first kappa shape index (κ1) is 24.3. The van der Waals surface area contributed by atoms with E-state index in [4.69, 9.17) is 0 Å². The highest BCUT2D eigenvalue weighted by atomic mass is 16.2. The third-order valence-electron chi connectivity index (χ3n) is 7.89. The number of aromatic nitrogens is 2. The van der Waals surface area contributed by atoms with E-state index in [2.05, 4.69) is 27.5 Å². The number of nitrogens with zero attached hydrogens (tertiary/aromatic N) is 1. The SMILES string of the molecule is CC1CCCCC1C(=O)Nc1ccc(-c2ncc(-c3ccc(NC(=O)C4CCCCC4)cc3)[nH]2)cc1. The van der Waals surface area contributed by atoms with Crippen molar-refractivity contribution in [2.45, 2.75) is 64.7 Å².